The summed E-state index contributed by atoms with van der Waals surface area (Å²) in [4.78, 5) is 0. The van der Waals surface area contributed by atoms with Crippen molar-refractivity contribution in [3.8, 4) is 0 Å². The third-order valence-electron chi connectivity index (χ3n) is 4.17. The van der Waals surface area contributed by atoms with E-state index in [0.717, 1.165) is 24.0 Å². The Morgan fingerprint density at radius 1 is 1.26 bits per heavy atom. The van der Waals surface area contributed by atoms with Crippen LogP contribution in [0, 0.1) is 5.21 Å². The molecule has 0 bridgehead atoms. The summed E-state index contributed by atoms with van der Waals surface area (Å²) >= 11 is 0. The Kier molecular flexibility index (Phi) is 3.41. The van der Waals surface area contributed by atoms with Gasteiger partial charge in [-0.1, -0.05) is 31.2 Å². The van der Waals surface area contributed by atoms with Crippen molar-refractivity contribution in [1.29, 1.82) is 0 Å². The van der Waals surface area contributed by atoms with E-state index >= 15 is 0 Å². The van der Waals surface area contributed by atoms with Gasteiger partial charge in [0.05, 0.1) is 19.4 Å². The highest BCUT2D eigenvalue weighted by Gasteiger charge is 2.38. The molecule has 2 heterocycles. The first-order chi connectivity index (χ1) is 9.26. The molecule has 2 aliphatic heterocycles. The van der Waals surface area contributed by atoms with Gasteiger partial charge < -0.3 is 19.7 Å². The van der Waals surface area contributed by atoms with Crippen molar-refractivity contribution in [3.63, 3.8) is 0 Å². The average Bonchev–Trinajstić information content (AvgIpc) is 3.09. The zero-order valence-electron chi connectivity index (χ0n) is 11.1. The van der Waals surface area contributed by atoms with E-state index in [-0.39, 0.29) is 16.9 Å². The molecule has 0 aliphatic carbocycles. The monoisotopic (exact) mass is 261 g/mol. The lowest BCUT2D eigenvalue weighted by molar-refractivity contribution is -0.856. The molecule has 1 N–H and O–H groups in total. The van der Waals surface area contributed by atoms with Gasteiger partial charge in [0, 0.05) is 24.0 Å². The zero-order chi connectivity index (χ0) is 13.3. The molecule has 0 amide bonds. The first kappa shape index (κ1) is 12.8. The van der Waals surface area contributed by atoms with Crippen LogP contribution < -0.4 is 5.06 Å². The Morgan fingerprint density at radius 3 is 2.47 bits per heavy atom. The van der Waals surface area contributed by atoms with Crippen LogP contribution in [-0.4, -0.2) is 13.2 Å². The van der Waals surface area contributed by atoms with Gasteiger partial charge in [0.15, 0.2) is 6.29 Å². The Morgan fingerprint density at radius 2 is 1.95 bits per heavy atom. The summed E-state index contributed by atoms with van der Waals surface area (Å²) in [5.41, 5.74) is 1.76. The molecule has 19 heavy (non-hydrogen) atoms. The first-order valence-electron chi connectivity index (χ1n) is 6.81. The van der Waals surface area contributed by atoms with Gasteiger partial charge in [-0.25, -0.2) is 0 Å². The van der Waals surface area contributed by atoms with Crippen LogP contribution >= 0.6 is 0 Å². The van der Waals surface area contributed by atoms with Gasteiger partial charge in [0.25, 0.3) is 0 Å². The topological polar surface area (TPSA) is 46.0 Å². The summed E-state index contributed by atoms with van der Waals surface area (Å²) in [6.45, 7) is 3.36. The molecule has 2 unspecified atom stereocenters. The maximum Gasteiger partial charge on any atom is 0.184 e. The molecular weight excluding hydrogens is 242 g/mol. The Labute approximate surface area is 113 Å². The average molecular weight is 261 g/mol. The maximum atomic E-state index is 12.1. The first-order valence-corrected chi connectivity index (χ1v) is 6.81. The molecule has 4 heteroatoms. The third kappa shape index (κ3) is 2.11. The number of hydrogen-bond acceptors (Lipinski definition) is 3. The highest BCUT2D eigenvalue weighted by molar-refractivity contribution is 5.29. The normalized spacial score (nSPS) is 31.2. The van der Waals surface area contributed by atoms with Crippen LogP contribution in [0.4, 0.5) is 0 Å². The van der Waals surface area contributed by atoms with Crippen molar-refractivity contribution in [2.45, 2.75) is 31.6 Å². The lowest BCUT2D eigenvalue weighted by Crippen LogP contribution is -3.09. The third-order valence-corrected chi connectivity index (χ3v) is 4.17. The van der Waals surface area contributed by atoms with Crippen LogP contribution in [0.2, 0.25) is 0 Å². The summed E-state index contributed by atoms with van der Waals surface area (Å²) < 4.78 is 11.0. The van der Waals surface area contributed by atoms with E-state index < -0.39 is 0 Å². The molecule has 1 saturated heterocycles. The number of ether oxygens (including phenoxy) is 2. The molecule has 0 spiro atoms. The van der Waals surface area contributed by atoms with Crippen molar-refractivity contribution < 1.29 is 14.5 Å². The number of rotatable bonds is 3. The van der Waals surface area contributed by atoms with Crippen LogP contribution in [0.25, 0.3) is 0 Å². The van der Waals surface area contributed by atoms with E-state index in [4.69, 9.17) is 9.47 Å². The van der Waals surface area contributed by atoms with Gasteiger partial charge in [0.2, 0.25) is 0 Å². The smallest absolute Gasteiger partial charge is 0.184 e. The molecule has 0 radical (unpaired) electrons. The van der Waals surface area contributed by atoms with Crippen LogP contribution in [0.15, 0.2) is 36.5 Å². The molecule has 3 rings (SSSR count). The summed E-state index contributed by atoms with van der Waals surface area (Å²) in [7, 11) is 0. The maximum absolute atomic E-state index is 12.1. The predicted molar refractivity (Wildman–Crippen MR) is 71.1 cm³/mol. The second kappa shape index (κ2) is 5.06. The van der Waals surface area contributed by atoms with Gasteiger partial charge in [-0.3, -0.25) is 0 Å². The number of nitrogens with one attached hydrogen (secondary N) is 1. The fourth-order valence-electron chi connectivity index (χ4n) is 2.92. The summed E-state index contributed by atoms with van der Waals surface area (Å²) in [6, 6.07) is 8.09. The molecule has 102 valence electrons. The number of quaternary nitrogens is 1. The Hall–Kier alpha value is -1.20. The van der Waals surface area contributed by atoms with E-state index in [9.17, 15) is 5.21 Å². The lowest BCUT2D eigenvalue weighted by atomic mass is 9.85. The van der Waals surface area contributed by atoms with E-state index in [2.05, 4.69) is 6.92 Å². The van der Waals surface area contributed by atoms with Gasteiger partial charge >= 0.3 is 0 Å². The van der Waals surface area contributed by atoms with Gasteiger partial charge in [-0.05, 0) is 6.08 Å². The van der Waals surface area contributed by atoms with Crippen molar-refractivity contribution in [2.24, 2.45) is 0 Å². The van der Waals surface area contributed by atoms with Crippen molar-refractivity contribution in [1.82, 2.24) is 0 Å². The lowest BCUT2D eigenvalue weighted by Gasteiger charge is -2.37. The van der Waals surface area contributed by atoms with Gasteiger partial charge in [0.1, 0.15) is 5.54 Å². The molecule has 2 atom stereocenters. The fraction of sp³-hybridized carbons (Fsp3) is 0.467. The second-order valence-corrected chi connectivity index (χ2v) is 5.10. The van der Waals surface area contributed by atoms with Crippen LogP contribution in [0.5, 0.6) is 0 Å². The minimum absolute atomic E-state index is 0.219. The van der Waals surface area contributed by atoms with E-state index in [1.165, 1.54) is 0 Å². The van der Waals surface area contributed by atoms with Crippen molar-refractivity contribution in [3.05, 3.63) is 52.9 Å². The summed E-state index contributed by atoms with van der Waals surface area (Å²) in [5, 5.41) is 12.4. The van der Waals surface area contributed by atoms with Crippen molar-refractivity contribution in [2.75, 3.05) is 13.2 Å². The second-order valence-electron chi connectivity index (χ2n) is 5.10. The minimum Gasteiger partial charge on any atom is -0.629 e. The standard InChI is InChI=1S/C15H19NO3/c1-2-15(8-3-9-16(15)17)13-6-4-12(5-7-13)14-18-10-11-19-14/h3-7,9,14,16H,2,8,10-11H2,1H3. The van der Waals surface area contributed by atoms with Gasteiger partial charge in [-0.15, -0.1) is 0 Å². The molecule has 0 saturated carbocycles. The molecule has 2 aliphatic rings. The van der Waals surface area contributed by atoms with Crippen LogP contribution in [-0.2, 0) is 15.0 Å². The van der Waals surface area contributed by atoms with Crippen molar-refractivity contribution >= 4 is 0 Å². The molecule has 0 aromatic heterocycles. The number of hydroxylamine groups is 2. The predicted octanol–water partition coefficient (Wildman–Crippen LogP) is 1.64. The molecule has 1 aromatic rings. The number of hydrogen-bond donors (Lipinski definition) is 1. The Balaban J connectivity index is 1.85. The Bertz CT molecular complexity index is 465. The zero-order valence-corrected chi connectivity index (χ0v) is 11.1. The SMILES string of the molecule is CCC1(c2ccc(C3OCCO3)cc2)CC=C[NH+]1[O-]. The molecular formula is C15H19NO3. The van der Waals surface area contributed by atoms with Crippen LogP contribution in [0.1, 0.15) is 37.2 Å². The minimum atomic E-state index is -0.351. The van der Waals surface area contributed by atoms with E-state index in [1.807, 2.05) is 30.3 Å². The largest absolute Gasteiger partial charge is 0.629 e. The molecule has 4 nitrogen and oxygen atoms in total. The fourth-order valence-corrected chi connectivity index (χ4v) is 2.92. The van der Waals surface area contributed by atoms with E-state index in [0.29, 0.717) is 13.2 Å². The molecule has 1 aromatic carbocycles. The van der Waals surface area contributed by atoms with E-state index in [1.54, 1.807) is 6.20 Å². The number of benzene rings is 1. The quantitative estimate of drug-likeness (QED) is 0.841. The highest BCUT2D eigenvalue weighted by atomic mass is 16.7. The van der Waals surface area contributed by atoms with Crippen LogP contribution in [0.3, 0.4) is 0 Å². The summed E-state index contributed by atoms with van der Waals surface area (Å²) in [5.74, 6) is 0. The van der Waals surface area contributed by atoms with Gasteiger partial charge in [-0.2, -0.15) is 0 Å². The highest BCUT2D eigenvalue weighted by Crippen LogP contribution is 2.31. The summed E-state index contributed by atoms with van der Waals surface area (Å²) in [6.07, 6.45) is 5.07. The molecule has 1 fully saturated rings.